The number of rotatable bonds is 9. The molecule has 1 N–H and O–H groups in total. The number of ether oxygens (including phenoxy) is 3. The summed E-state index contributed by atoms with van der Waals surface area (Å²) in [4.78, 5) is 16.7. The Bertz CT molecular complexity index is 1310. The fraction of sp³-hybridized carbons (Fsp3) is 0.308. The number of nitrogens with zero attached hydrogens (tertiary/aromatic N) is 3. The van der Waals surface area contributed by atoms with Gasteiger partial charge >= 0.3 is 0 Å². The minimum Gasteiger partial charge on any atom is -0.490 e. The number of carbonyl (C=O) groups excluding carboxylic acids is 1. The Morgan fingerprint density at radius 3 is 2.58 bits per heavy atom. The van der Waals surface area contributed by atoms with Crippen LogP contribution in [0.1, 0.15) is 37.0 Å². The number of nitrogens with one attached hydrogen (secondary N) is 1. The minimum atomic E-state index is -0.496. The Labute approximate surface area is 219 Å². The Balaban J connectivity index is 1.50. The summed E-state index contributed by atoms with van der Waals surface area (Å²) in [6.07, 6.45) is 2.27. The van der Waals surface area contributed by atoms with Crippen LogP contribution in [0.5, 0.6) is 17.2 Å². The average molecular weight is 527 g/mol. The number of amidine groups is 2. The molecule has 2 aromatic carbocycles. The Morgan fingerprint density at radius 2 is 1.86 bits per heavy atom. The van der Waals surface area contributed by atoms with Crippen molar-refractivity contribution in [2.75, 3.05) is 19.8 Å². The van der Waals surface area contributed by atoms with Gasteiger partial charge in [0.2, 0.25) is 5.17 Å². The lowest BCUT2D eigenvalue weighted by Gasteiger charge is -2.20. The number of hydrogen-bond donors (Lipinski definition) is 1. The van der Waals surface area contributed by atoms with Gasteiger partial charge in [-0.1, -0.05) is 24.6 Å². The monoisotopic (exact) mass is 526 g/mol. The molecule has 10 heteroatoms. The number of amides is 1. The lowest BCUT2D eigenvalue weighted by atomic mass is 10.1. The highest BCUT2D eigenvalue weighted by Crippen LogP contribution is 2.38. The Kier molecular flexibility index (Phi) is 8.01. The molecule has 4 rings (SSSR count). The van der Waals surface area contributed by atoms with Crippen molar-refractivity contribution in [1.82, 2.24) is 5.01 Å². The van der Waals surface area contributed by atoms with Crippen LogP contribution in [-0.4, -0.2) is 46.8 Å². The first-order valence-corrected chi connectivity index (χ1v) is 12.8. The number of fused-ring (bicyclic) bond motifs is 1. The minimum absolute atomic E-state index is 0.0288. The van der Waals surface area contributed by atoms with E-state index in [0.717, 1.165) is 16.4 Å². The summed E-state index contributed by atoms with van der Waals surface area (Å²) < 4.78 is 17.5. The van der Waals surface area contributed by atoms with Gasteiger partial charge in [-0.05, 0) is 86.0 Å². The number of carbonyl (C=O) groups is 1. The number of aliphatic imine (C=N–C) groups is 1. The third-order valence-electron chi connectivity index (χ3n) is 5.52. The van der Waals surface area contributed by atoms with Crippen molar-refractivity contribution < 1.29 is 19.0 Å². The Morgan fingerprint density at radius 1 is 1.08 bits per heavy atom. The van der Waals surface area contributed by atoms with Crippen LogP contribution < -0.4 is 14.2 Å². The van der Waals surface area contributed by atoms with Gasteiger partial charge in [-0.3, -0.25) is 10.2 Å². The smallest absolute Gasteiger partial charge is 0.283 e. The van der Waals surface area contributed by atoms with Crippen molar-refractivity contribution in [3.8, 4) is 17.2 Å². The lowest BCUT2D eigenvalue weighted by molar-refractivity contribution is -0.114. The second-order valence-corrected chi connectivity index (χ2v) is 9.52. The summed E-state index contributed by atoms with van der Waals surface area (Å²) >= 11 is 7.85. The van der Waals surface area contributed by atoms with Crippen LogP contribution >= 0.6 is 23.4 Å². The Hall–Kier alpha value is -3.30. The van der Waals surface area contributed by atoms with Crippen LogP contribution in [0.25, 0.3) is 6.08 Å². The predicted octanol–water partition coefficient (Wildman–Crippen LogP) is 5.84. The molecule has 2 heterocycles. The normalized spacial score (nSPS) is 16.1. The topological polar surface area (TPSA) is 96.6 Å². The molecule has 2 aliphatic heterocycles. The number of aryl methyl sites for hydroxylation is 2. The molecule has 2 aliphatic rings. The number of hydrogen-bond acceptors (Lipinski definition) is 7. The molecule has 0 fully saturated rings. The van der Waals surface area contributed by atoms with Gasteiger partial charge in [-0.2, -0.15) is 15.1 Å². The van der Waals surface area contributed by atoms with E-state index in [1.54, 1.807) is 18.2 Å². The van der Waals surface area contributed by atoms with Crippen molar-refractivity contribution in [3.63, 3.8) is 0 Å². The van der Waals surface area contributed by atoms with Crippen LogP contribution in [0, 0.1) is 19.3 Å². The summed E-state index contributed by atoms with van der Waals surface area (Å²) in [5.74, 6) is 1.08. The summed E-state index contributed by atoms with van der Waals surface area (Å²) in [5.41, 5.74) is 3.07. The van der Waals surface area contributed by atoms with Gasteiger partial charge in [0.15, 0.2) is 17.3 Å². The van der Waals surface area contributed by atoms with E-state index < -0.39 is 5.91 Å². The second-order valence-electron chi connectivity index (χ2n) is 8.07. The van der Waals surface area contributed by atoms with Crippen LogP contribution in [0.4, 0.5) is 0 Å². The highest BCUT2D eigenvalue weighted by Gasteiger charge is 2.35. The van der Waals surface area contributed by atoms with Crippen molar-refractivity contribution in [2.24, 2.45) is 10.1 Å². The molecule has 0 spiro atoms. The van der Waals surface area contributed by atoms with E-state index in [1.807, 2.05) is 39.0 Å². The van der Waals surface area contributed by atoms with Gasteiger partial charge in [-0.15, -0.1) is 0 Å². The van der Waals surface area contributed by atoms with Crippen molar-refractivity contribution >= 4 is 51.4 Å². The fourth-order valence-corrected chi connectivity index (χ4v) is 4.62. The van der Waals surface area contributed by atoms with Crippen molar-refractivity contribution in [2.45, 2.75) is 34.1 Å². The van der Waals surface area contributed by atoms with E-state index in [9.17, 15) is 4.79 Å². The number of thioether (sulfide) groups is 1. The van der Waals surface area contributed by atoms with Crippen molar-refractivity contribution in [3.05, 3.63) is 57.6 Å². The van der Waals surface area contributed by atoms with Gasteiger partial charge in [0.05, 0.1) is 17.2 Å². The SMILES string of the molecule is CCOc1cc(/C=C2/C(=N)N3N=C(CC)SC3=NC2=O)cc(Cl)c1OCCOc1ccc(C)c(C)c1. The second kappa shape index (κ2) is 11.2. The molecule has 0 saturated heterocycles. The summed E-state index contributed by atoms with van der Waals surface area (Å²) in [7, 11) is 0. The first kappa shape index (κ1) is 25.8. The zero-order chi connectivity index (χ0) is 25.8. The summed E-state index contributed by atoms with van der Waals surface area (Å²) in [6, 6.07) is 9.32. The highest BCUT2D eigenvalue weighted by atomic mass is 35.5. The molecule has 8 nitrogen and oxygen atoms in total. The van der Waals surface area contributed by atoms with E-state index in [4.69, 9.17) is 31.2 Å². The molecule has 2 aromatic rings. The average Bonchev–Trinajstić information content (AvgIpc) is 3.26. The quantitative estimate of drug-likeness (QED) is 0.325. The largest absolute Gasteiger partial charge is 0.490 e. The number of benzene rings is 2. The van der Waals surface area contributed by atoms with Crippen LogP contribution in [0.2, 0.25) is 5.02 Å². The highest BCUT2D eigenvalue weighted by molar-refractivity contribution is 8.26. The summed E-state index contributed by atoms with van der Waals surface area (Å²) in [6.45, 7) is 8.90. The molecule has 1 amide bonds. The molecule has 0 aliphatic carbocycles. The molecule has 188 valence electrons. The van der Waals surface area contributed by atoms with E-state index in [2.05, 4.69) is 17.0 Å². The molecular formula is C26H27ClN4O4S. The van der Waals surface area contributed by atoms with Crippen LogP contribution in [0.3, 0.4) is 0 Å². The third-order valence-corrected chi connectivity index (χ3v) is 6.85. The maximum absolute atomic E-state index is 12.6. The predicted molar refractivity (Wildman–Crippen MR) is 145 cm³/mol. The maximum Gasteiger partial charge on any atom is 0.283 e. The van der Waals surface area contributed by atoms with Gasteiger partial charge in [0.25, 0.3) is 5.91 Å². The van der Waals surface area contributed by atoms with E-state index in [-0.39, 0.29) is 18.0 Å². The third kappa shape index (κ3) is 5.57. The summed E-state index contributed by atoms with van der Waals surface area (Å²) in [5, 5.41) is 15.8. The first-order chi connectivity index (χ1) is 17.3. The van der Waals surface area contributed by atoms with E-state index in [1.165, 1.54) is 22.3 Å². The first-order valence-electron chi connectivity index (χ1n) is 11.6. The van der Waals surface area contributed by atoms with Gasteiger partial charge < -0.3 is 14.2 Å². The molecule has 0 aromatic heterocycles. The van der Waals surface area contributed by atoms with Gasteiger partial charge in [0, 0.05) is 0 Å². The molecule has 0 saturated carbocycles. The van der Waals surface area contributed by atoms with E-state index in [0.29, 0.717) is 46.9 Å². The van der Waals surface area contributed by atoms with E-state index >= 15 is 0 Å². The van der Waals surface area contributed by atoms with Crippen molar-refractivity contribution in [1.29, 1.82) is 5.41 Å². The molecular weight excluding hydrogens is 500 g/mol. The molecule has 36 heavy (non-hydrogen) atoms. The standard InChI is InChI=1S/C26H27ClN4O4S/c1-5-22-30-31-24(28)19(25(32)29-26(31)36-22)12-17-13-20(27)23(21(14-17)33-6-2)35-10-9-34-18-8-7-15(3)16(4)11-18/h7-8,11-14,28H,5-6,9-10H2,1-4H3/b19-12-,28-24?. The lowest BCUT2D eigenvalue weighted by Crippen LogP contribution is -2.35. The van der Waals surface area contributed by atoms with Crippen LogP contribution in [-0.2, 0) is 4.79 Å². The van der Waals surface area contributed by atoms with Gasteiger partial charge in [-0.25, -0.2) is 0 Å². The molecule has 0 radical (unpaired) electrons. The zero-order valence-corrected chi connectivity index (χ0v) is 22.1. The van der Waals surface area contributed by atoms with Crippen LogP contribution in [0.15, 0.2) is 46.0 Å². The number of hydrazone groups is 1. The maximum atomic E-state index is 12.6. The molecule has 0 unspecified atom stereocenters. The zero-order valence-electron chi connectivity index (χ0n) is 20.6. The molecule has 0 atom stereocenters. The fourth-order valence-electron chi connectivity index (χ4n) is 3.52. The van der Waals surface area contributed by atoms with Gasteiger partial charge in [0.1, 0.15) is 24.0 Å². The molecule has 0 bridgehead atoms. The number of halogens is 1.